The van der Waals surface area contributed by atoms with Gasteiger partial charge in [0.15, 0.2) is 0 Å². The summed E-state index contributed by atoms with van der Waals surface area (Å²) in [4.78, 5) is 24.8. The van der Waals surface area contributed by atoms with E-state index in [0.717, 1.165) is 13.0 Å². The van der Waals surface area contributed by atoms with Gasteiger partial charge in [-0.1, -0.05) is 13.8 Å². The van der Waals surface area contributed by atoms with Crippen molar-refractivity contribution in [2.45, 2.75) is 45.7 Å². The maximum absolute atomic E-state index is 11.9. The number of nitrogens with one attached hydrogen (secondary N) is 1. The molecule has 1 heterocycles. The number of carbonyl (C=O) groups is 2. The number of carboxylic acids is 1. The fourth-order valence-electron chi connectivity index (χ4n) is 2.25. The zero-order valence-corrected chi connectivity index (χ0v) is 10.8. The molecule has 17 heavy (non-hydrogen) atoms. The van der Waals surface area contributed by atoms with Crippen molar-refractivity contribution < 1.29 is 14.7 Å². The monoisotopic (exact) mass is 242 g/mol. The van der Waals surface area contributed by atoms with E-state index >= 15 is 0 Å². The van der Waals surface area contributed by atoms with Crippen LogP contribution < -0.4 is 5.32 Å². The maximum Gasteiger partial charge on any atom is 0.305 e. The van der Waals surface area contributed by atoms with Crippen LogP contribution in [0.25, 0.3) is 0 Å². The molecule has 1 saturated heterocycles. The third kappa shape index (κ3) is 4.00. The van der Waals surface area contributed by atoms with Crippen LogP contribution in [-0.4, -0.2) is 47.1 Å². The van der Waals surface area contributed by atoms with Gasteiger partial charge in [-0.2, -0.15) is 0 Å². The van der Waals surface area contributed by atoms with Gasteiger partial charge in [0.25, 0.3) is 0 Å². The molecule has 2 N–H and O–H groups in total. The largest absolute Gasteiger partial charge is 0.481 e. The van der Waals surface area contributed by atoms with Crippen LogP contribution in [0.5, 0.6) is 0 Å². The highest BCUT2D eigenvalue weighted by molar-refractivity contribution is 5.86. The van der Waals surface area contributed by atoms with Crippen LogP contribution in [-0.2, 0) is 9.59 Å². The molecule has 0 aromatic heterocycles. The Hall–Kier alpha value is -1.10. The van der Waals surface area contributed by atoms with Crippen molar-refractivity contribution in [3.63, 3.8) is 0 Å². The van der Waals surface area contributed by atoms with Crippen LogP contribution in [0, 0.1) is 5.92 Å². The Kier molecular flexibility index (Phi) is 4.93. The van der Waals surface area contributed by atoms with Gasteiger partial charge < -0.3 is 10.4 Å². The minimum Gasteiger partial charge on any atom is -0.481 e. The van der Waals surface area contributed by atoms with Gasteiger partial charge in [0.1, 0.15) is 0 Å². The van der Waals surface area contributed by atoms with Crippen molar-refractivity contribution >= 4 is 11.9 Å². The second-order valence-corrected chi connectivity index (χ2v) is 5.13. The summed E-state index contributed by atoms with van der Waals surface area (Å²) in [6.45, 7) is 7.59. The SMILES string of the molecule is CC(C)CN1C(C)CCNC(=O)C1CC(=O)O. The van der Waals surface area contributed by atoms with Crippen LogP contribution in [0.2, 0.25) is 0 Å². The number of nitrogens with zero attached hydrogens (tertiary/aromatic N) is 1. The Bertz CT molecular complexity index is 291. The van der Waals surface area contributed by atoms with Crippen LogP contribution >= 0.6 is 0 Å². The Morgan fingerprint density at radius 2 is 2.24 bits per heavy atom. The molecule has 0 radical (unpaired) electrons. The van der Waals surface area contributed by atoms with E-state index in [-0.39, 0.29) is 18.4 Å². The summed E-state index contributed by atoms with van der Waals surface area (Å²) in [7, 11) is 0. The lowest BCUT2D eigenvalue weighted by atomic mass is 10.1. The molecule has 1 aliphatic heterocycles. The molecule has 1 fully saturated rings. The highest BCUT2D eigenvalue weighted by atomic mass is 16.4. The Labute approximate surface area is 102 Å². The van der Waals surface area contributed by atoms with Crippen molar-refractivity contribution in [1.29, 1.82) is 0 Å². The molecule has 5 nitrogen and oxygen atoms in total. The van der Waals surface area contributed by atoms with Gasteiger partial charge in [-0.3, -0.25) is 14.5 Å². The van der Waals surface area contributed by atoms with Crippen molar-refractivity contribution in [3.8, 4) is 0 Å². The molecule has 1 rings (SSSR count). The molecule has 98 valence electrons. The zero-order chi connectivity index (χ0) is 13.0. The Balaban J connectivity index is 2.86. The van der Waals surface area contributed by atoms with Crippen LogP contribution in [0.4, 0.5) is 0 Å². The Morgan fingerprint density at radius 3 is 2.76 bits per heavy atom. The number of hydrogen-bond acceptors (Lipinski definition) is 3. The molecule has 0 spiro atoms. The highest BCUT2D eigenvalue weighted by Gasteiger charge is 2.33. The fraction of sp³-hybridized carbons (Fsp3) is 0.833. The first-order valence-corrected chi connectivity index (χ1v) is 6.17. The average molecular weight is 242 g/mol. The highest BCUT2D eigenvalue weighted by Crippen LogP contribution is 2.17. The van der Waals surface area contributed by atoms with E-state index in [0.29, 0.717) is 12.5 Å². The van der Waals surface area contributed by atoms with Gasteiger partial charge in [-0.05, 0) is 19.3 Å². The van der Waals surface area contributed by atoms with Crippen molar-refractivity contribution in [1.82, 2.24) is 10.2 Å². The molecule has 0 aromatic rings. The molecule has 0 aromatic carbocycles. The maximum atomic E-state index is 11.9. The van der Waals surface area contributed by atoms with E-state index in [1.54, 1.807) is 0 Å². The summed E-state index contributed by atoms with van der Waals surface area (Å²) in [5, 5.41) is 11.7. The predicted molar refractivity (Wildman–Crippen MR) is 64.7 cm³/mol. The lowest BCUT2D eigenvalue weighted by Gasteiger charge is -2.33. The van der Waals surface area contributed by atoms with Crippen LogP contribution in [0.1, 0.15) is 33.6 Å². The molecule has 0 bridgehead atoms. The summed E-state index contributed by atoms with van der Waals surface area (Å²) in [6, 6.07) is -0.298. The first kappa shape index (κ1) is 14.0. The molecule has 5 heteroatoms. The quantitative estimate of drug-likeness (QED) is 0.761. The van der Waals surface area contributed by atoms with Crippen molar-refractivity contribution in [2.24, 2.45) is 5.92 Å². The van der Waals surface area contributed by atoms with Gasteiger partial charge in [0.2, 0.25) is 5.91 Å². The normalized spacial score (nSPS) is 26.7. The number of carbonyl (C=O) groups excluding carboxylic acids is 1. The first-order valence-electron chi connectivity index (χ1n) is 6.17. The van der Waals surface area contributed by atoms with E-state index < -0.39 is 12.0 Å². The molecule has 2 atom stereocenters. The molecule has 2 unspecified atom stereocenters. The lowest BCUT2D eigenvalue weighted by molar-refractivity contribution is -0.142. The molecule has 0 aliphatic carbocycles. The molecule has 1 aliphatic rings. The van der Waals surface area contributed by atoms with Gasteiger partial charge in [0, 0.05) is 19.1 Å². The van der Waals surface area contributed by atoms with Gasteiger partial charge >= 0.3 is 5.97 Å². The number of rotatable bonds is 4. The molecule has 1 amide bonds. The number of hydrogen-bond donors (Lipinski definition) is 2. The minimum atomic E-state index is -0.923. The average Bonchev–Trinajstić information content (AvgIpc) is 2.31. The number of amides is 1. The third-order valence-electron chi connectivity index (χ3n) is 3.07. The molecular weight excluding hydrogens is 220 g/mol. The van der Waals surface area contributed by atoms with E-state index in [1.807, 2.05) is 4.90 Å². The number of carboxylic acid groups (broad SMARTS) is 1. The second kappa shape index (κ2) is 6.00. The van der Waals surface area contributed by atoms with Gasteiger partial charge in [-0.25, -0.2) is 0 Å². The van der Waals surface area contributed by atoms with Gasteiger partial charge in [-0.15, -0.1) is 0 Å². The summed E-state index contributed by atoms with van der Waals surface area (Å²) < 4.78 is 0. The summed E-state index contributed by atoms with van der Waals surface area (Å²) in [5.41, 5.74) is 0. The topological polar surface area (TPSA) is 69.6 Å². The first-order chi connectivity index (χ1) is 7.91. The van der Waals surface area contributed by atoms with Crippen LogP contribution in [0.15, 0.2) is 0 Å². The van der Waals surface area contributed by atoms with E-state index in [9.17, 15) is 9.59 Å². The second-order valence-electron chi connectivity index (χ2n) is 5.13. The third-order valence-corrected chi connectivity index (χ3v) is 3.07. The zero-order valence-electron chi connectivity index (χ0n) is 10.8. The van der Waals surface area contributed by atoms with Crippen LogP contribution in [0.3, 0.4) is 0 Å². The Morgan fingerprint density at radius 1 is 1.59 bits per heavy atom. The number of aliphatic carboxylic acids is 1. The van der Waals surface area contributed by atoms with Crippen molar-refractivity contribution in [3.05, 3.63) is 0 Å². The van der Waals surface area contributed by atoms with E-state index in [2.05, 4.69) is 26.1 Å². The predicted octanol–water partition coefficient (Wildman–Crippen LogP) is 0.696. The standard InChI is InChI=1S/C12H22N2O3/c1-8(2)7-14-9(3)4-5-13-12(17)10(14)6-11(15)16/h8-10H,4-7H2,1-3H3,(H,13,17)(H,15,16). The summed E-state index contributed by atoms with van der Waals surface area (Å²) in [5.74, 6) is -0.662. The summed E-state index contributed by atoms with van der Waals surface area (Å²) >= 11 is 0. The van der Waals surface area contributed by atoms with E-state index in [4.69, 9.17) is 5.11 Å². The van der Waals surface area contributed by atoms with Crippen molar-refractivity contribution in [2.75, 3.05) is 13.1 Å². The molecular formula is C12H22N2O3. The van der Waals surface area contributed by atoms with E-state index in [1.165, 1.54) is 0 Å². The fourth-order valence-corrected chi connectivity index (χ4v) is 2.25. The smallest absolute Gasteiger partial charge is 0.305 e. The van der Waals surface area contributed by atoms with Gasteiger partial charge in [0.05, 0.1) is 12.5 Å². The summed E-state index contributed by atoms with van der Waals surface area (Å²) in [6.07, 6.45) is 0.747. The minimum absolute atomic E-state index is 0.122. The molecule has 0 saturated carbocycles. The lowest BCUT2D eigenvalue weighted by Crippen LogP contribution is -2.49.